The Morgan fingerprint density at radius 3 is 2.62 bits per heavy atom. The van der Waals surface area contributed by atoms with Crippen molar-refractivity contribution in [1.82, 2.24) is 9.78 Å². The van der Waals surface area contributed by atoms with Crippen molar-refractivity contribution in [3.8, 4) is 0 Å². The van der Waals surface area contributed by atoms with E-state index in [-0.39, 0.29) is 11.5 Å². The van der Waals surface area contributed by atoms with E-state index in [2.05, 4.69) is 5.10 Å². The molecule has 1 atom stereocenters. The number of nitro groups is 1. The van der Waals surface area contributed by atoms with Gasteiger partial charge in [-0.2, -0.15) is 5.10 Å². The fraction of sp³-hybridized carbons (Fsp3) is 0.286. The molecule has 0 fully saturated rings. The molecule has 21 heavy (non-hydrogen) atoms. The summed E-state index contributed by atoms with van der Waals surface area (Å²) in [4.78, 5) is 23.0. The minimum Gasteiger partial charge on any atom is -0.292 e. The van der Waals surface area contributed by atoms with Crippen molar-refractivity contribution >= 4 is 23.1 Å². The fourth-order valence-electron chi connectivity index (χ4n) is 2.29. The van der Waals surface area contributed by atoms with E-state index in [1.165, 1.54) is 4.68 Å². The molecule has 6 nitrogen and oxygen atoms in total. The number of halogens is 1. The molecule has 1 heterocycles. The maximum Gasteiger partial charge on any atom is 0.312 e. The number of hydrogen-bond donors (Lipinski definition) is 0. The average molecular weight is 308 g/mol. The van der Waals surface area contributed by atoms with Crippen LogP contribution in [0.25, 0.3) is 0 Å². The van der Waals surface area contributed by atoms with Crippen LogP contribution in [-0.2, 0) is 0 Å². The van der Waals surface area contributed by atoms with Crippen molar-refractivity contribution in [2.45, 2.75) is 26.8 Å². The third-order valence-electron chi connectivity index (χ3n) is 3.32. The Morgan fingerprint density at radius 1 is 1.43 bits per heavy atom. The van der Waals surface area contributed by atoms with E-state index < -0.39 is 11.0 Å². The Hall–Kier alpha value is -2.21. The zero-order valence-corrected chi connectivity index (χ0v) is 12.6. The van der Waals surface area contributed by atoms with Gasteiger partial charge in [0.25, 0.3) is 0 Å². The number of nitrogens with zero attached hydrogens (tertiary/aromatic N) is 3. The van der Waals surface area contributed by atoms with Crippen molar-refractivity contribution in [2.75, 3.05) is 0 Å². The summed E-state index contributed by atoms with van der Waals surface area (Å²) < 4.78 is 1.39. The second-order valence-corrected chi connectivity index (χ2v) is 5.21. The van der Waals surface area contributed by atoms with Gasteiger partial charge in [0.2, 0.25) is 0 Å². The number of ketones is 1. The van der Waals surface area contributed by atoms with Crippen LogP contribution in [0.3, 0.4) is 0 Å². The molecule has 0 spiro atoms. The molecule has 0 aliphatic heterocycles. The van der Waals surface area contributed by atoms with Crippen molar-refractivity contribution in [3.63, 3.8) is 0 Å². The van der Waals surface area contributed by atoms with E-state index >= 15 is 0 Å². The summed E-state index contributed by atoms with van der Waals surface area (Å²) in [5.74, 6) is -0.196. The topological polar surface area (TPSA) is 78.0 Å². The Balaban J connectivity index is 2.41. The third kappa shape index (κ3) is 2.80. The first-order valence-corrected chi connectivity index (χ1v) is 6.70. The van der Waals surface area contributed by atoms with Gasteiger partial charge in [-0.1, -0.05) is 23.7 Å². The number of rotatable bonds is 4. The van der Waals surface area contributed by atoms with Crippen molar-refractivity contribution in [3.05, 3.63) is 56.4 Å². The van der Waals surface area contributed by atoms with Gasteiger partial charge in [0.05, 0.1) is 4.92 Å². The Kier molecular flexibility index (Phi) is 4.09. The second kappa shape index (κ2) is 5.65. The minimum absolute atomic E-state index is 0.0549. The summed E-state index contributed by atoms with van der Waals surface area (Å²) in [6, 6.07) is 5.95. The highest BCUT2D eigenvalue weighted by molar-refractivity contribution is 6.31. The lowest BCUT2D eigenvalue weighted by atomic mass is 10.1. The Morgan fingerprint density at radius 2 is 2.10 bits per heavy atom. The quantitative estimate of drug-likeness (QED) is 0.492. The smallest absolute Gasteiger partial charge is 0.292 e. The Labute approximate surface area is 126 Å². The largest absolute Gasteiger partial charge is 0.312 e. The van der Waals surface area contributed by atoms with Crippen LogP contribution >= 0.6 is 11.6 Å². The van der Waals surface area contributed by atoms with Gasteiger partial charge in [0.1, 0.15) is 17.4 Å². The van der Waals surface area contributed by atoms with E-state index in [1.807, 2.05) is 0 Å². The summed E-state index contributed by atoms with van der Waals surface area (Å²) in [5.41, 5.74) is 1.05. The van der Waals surface area contributed by atoms with Gasteiger partial charge < -0.3 is 0 Å². The van der Waals surface area contributed by atoms with Crippen LogP contribution in [0.2, 0.25) is 5.02 Å². The van der Waals surface area contributed by atoms with E-state index in [1.54, 1.807) is 45.0 Å². The van der Waals surface area contributed by atoms with Crippen molar-refractivity contribution in [1.29, 1.82) is 0 Å². The average Bonchev–Trinajstić information content (AvgIpc) is 2.72. The van der Waals surface area contributed by atoms with Gasteiger partial charge in [0.15, 0.2) is 5.78 Å². The molecular weight excluding hydrogens is 294 g/mol. The molecule has 0 saturated carbocycles. The van der Waals surface area contributed by atoms with E-state index in [0.29, 0.717) is 22.0 Å². The first-order valence-electron chi connectivity index (χ1n) is 6.32. The lowest BCUT2D eigenvalue weighted by Crippen LogP contribution is -2.19. The van der Waals surface area contributed by atoms with Gasteiger partial charge in [-0.15, -0.1) is 0 Å². The van der Waals surface area contributed by atoms with Gasteiger partial charge in [0, 0.05) is 10.6 Å². The summed E-state index contributed by atoms with van der Waals surface area (Å²) in [7, 11) is 0. The van der Waals surface area contributed by atoms with Gasteiger partial charge in [-0.05, 0) is 32.9 Å². The maximum absolute atomic E-state index is 12.5. The molecule has 7 heteroatoms. The highest BCUT2D eigenvalue weighted by Crippen LogP contribution is 2.26. The molecule has 0 amide bonds. The lowest BCUT2D eigenvalue weighted by Gasteiger charge is -2.12. The SMILES string of the molecule is Cc1nn([C@H](C)C(=O)c2cccc(Cl)c2)c(C)c1[N+](=O)[O-]. The van der Waals surface area contributed by atoms with Crippen molar-refractivity contribution in [2.24, 2.45) is 0 Å². The molecule has 2 aromatic rings. The third-order valence-corrected chi connectivity index (χ3v) is 3.56. The number of carbonyl (C=O) groups is 1. The highest BCUT2D eigenvalue weighted by atomic mass is 35.5. The Bertz CT molecular complexity index is 724. The predicted octanol–water partition coefficient (Wildman–Crippen LogP) is 3.51. The number of aryl methyl sites for hydroxylation is 1. The summed E-state index contributed by atoms with van der Waals surface area (Å²) in [6.45, 7) is 4.80. The molecule has 0 unspecified atom stereocenters. The van der Waals surface area contributed by atoms with Crippen LogP contribution in [0.1, 0.15) is 34.7 Å². The molecule has 0 aliphatic rings. The number of hydrogen-bond acceptors (Lipinski definition) is 4. The van der Waals surface area contributed by atoms with Crippen LogP contribution in [0.4, 0.5) is 5.69 Å². The van der Waals surface area contributed by atoms with E-state index in [9.17, 15) is 14.9 Å². The first-order chi connectivity index (χ1) is 9.82. The molecule has 110 valence electrons. The predicted molar refractivity (Wildman–Crippen MR) is 78.8 cm³/mol. The molecule has 0 bridgehead atoms. The summed E-state index contributed by atoms with van der Waals surface area (Å²) >= 11 is 5.88. The number of Topliss-reactive ketones (excluding diaryl/α,β-unsaturated/α-hetero) is 1. The maximum atomic E-state index is 12.5. The molecule has 0 N–H and O–H groups in total. The normalized spacial score (nSPS) is 12.2. The monoisotopic (exact) mass is 307 g/mol. The minimum atomic E-state index is -0.643. The molecule has 0 saturated heterocycles. The fourth-order valence-corrected chi connectivity index (χ4v) is 2.48. The van der Waals surface area contributed by atoms with Crippen molar-refractivity contribution < 1.29 is 9.72 Å². The second-order valence-electron chi connectivity index (χ2n) is 4.77. The molecule has 1 aromatic heterocycles. The summed E-state index contributed by atoms with van der Waals surface area (Å²) in [6.07, 6.45) is 0. The molecule has 0 aliphatic carbocycles. The lowest BCUT2D eigenvalue weighted by molar-refractivity contribution is -0.386. The zero-order chi connectivity index (χ0) is 15.7. The zero-order valence-electron chi connectivity index (χ0n) is 11.8. The number of benzene rings is 1. The summed E-state index contributed by atoms with van der Waals surface area (Å²) in [5, 5.41) is 15.6. The van der Waals surface area contributed by atoms with Crippen LogP contribution in [-0.4, -0.2) is 20.5 Å². The highest BCUT2D eigenvalue weighted by Gasteiger charge is 2.27. The van der Waals surface area contributed by atoms with E-state index in [0.717, 1.165) is 0 Å². The van der Waals surface area contributed by atoms with Crippen LogP contribution in [0.15, 0.2) is 24.3 Å². The molecule has 0 radical (unpaired) electrons. The van der Waals surface area contributed by atoms with Crippen LogP contribution in [0, 0.1) is 24.0 Å². The number of carbonyl (C=O) groups excluding carboxylic acids is 1. The molecule has 1 aromatic carbocycles. The first kappa shape index (κ1) is 15.2. The number of aromatic nitrogens is 2. The van der Waals surface area contributed by atoms with E-state index in [4.69, 9.17) is 11.6 Å². The van der Waals surface area contributed by atoms with Gasteiger partial charge >= 0.3 is 5.69 Å². The van der Waals surface area contributed by atoms with Crippen LogP contribution < -0.4 is 0 Å². The standard InChI is InChI=1S/C14H14ClN3O3/c1-8-13(18(20)21)9(2)17(16-8)10(3)14(19)11-5-4-6-12(15)7-11/h4-7,10H,1-3H3/t10-/m1/s1. The molecular formula is C14H14ClN3O3. The van der Waals surface area contributed by atoms with Gasteiger partial charge in [-0.3, -0.25) is 19.6 Å². The molecule has 2 rings (SSSR count). The van der Waals surface area contributed by atoms with Crippen LogP contribution in [0.5, 0.6) is 0 Å². The van der Waals surface area contributed by atoms with Gasteiger partial charge in [-0.25, -0.2) is 0 Å².